The Morgan fingerprint density at radius 1 is 1.12 bits per heavy atom. The minimum Gasteiger partial charge on any atom is -0.383 e. The van der Waals surface area contributed by atoms with Gasteiger partial charge in [-0.15, -0.1) is 0 Å². The van der Waals surface area contributed by atoms with E-state index in [0.29, 0.717) is 32.7 Å². The molecular formula is C26H39FN4O3. The normalized spacial score (nSPS) is 27.6. The van der Waals surface area contributed by atoms with Gasteiger partial charge in [0, 0.05) is 50.8 Å². The van der Waals surface area contributed by atoms with E-state index < -0.39 is 6.04 Å². The summed E-state index contributed by atoms with van der Waals surface area (Å²) in [4.78, 5) is 30.7. The summed E-state index contributed by atoms with van der Waals surface area (Å²) in [6, 6.07) is 6.60. The number of likely N-dealkylation sites (tertiary alicyclic amines) is 1. The van der Waals surface area contributed by atoms with Crippen LogP contribution >= 0.6 is 0 Å². The number of nitrogens with zero attached hydrogens (tertiary/aromatic N) is 2. The van der Waals surface area contributed by atoms with Gasteiger partial charge in [0.2, 0.25) is 11.8 Å². The van der Waals surface area contributed by atoms with Crippen LogP contribution in [-0.4, -0.2) is 72.6 Å². The molecule has 1 aromatic rings. The molecule has 34 heavy (non-hydrogen) atoms. The van der Waals surface area contributed by atoms with Crippen LogP contribution in [0.25, 0.3) is 0 Å². The predicted octanol–water partition coefficient (Wildman–Crippen LogP) is 2.43. The van der Waals surface area contributed by atoms with Crippen LogP contribution in [0.3, 0.4) is 0 Å². The van der Waals surface area contributed by atoms with Crippen LogP contribution in [0.1, 0.15) is 56.9 Å². The van der Waals surface area contributed by atoms with Crippen LogP contribution in [0.2, 0.25) is 0 Å². The summed E-state index contributed by atoms with van der Waals surface area (Å²) in [5, 5.41) is 3.24. The number of carbonyl (C=O) groups excluding carboxylic acids is 2. The number of benzene rings is 1. The molecule has 3 N–H and O–H groups in total. The zero-order chi connectivity index (χ0) is 24.1. The van der Waals surface area contributed by atoms with Gasteiger partial charge in [-0.05, 0) is 69.1 Å². The summed E-state index contributed by atoms with van der Waals surface area (Å²) in [6.07, 6.45) is 6.90. The Morgan fingerprint density at radius 3 is 2.47 bits per heavy atom. The number of piperidine rings is 1. The SMILES string of the molecule is COCCN(Cc1ccc(F)cc1)C1CCN(C(=O)C2CC2)[C@@H](C(=O)NC2CCC(N)CC2)C1. The molecule has 1 aliphatic heterocycles. The Morgan fingerprint density at radius 2 is 1.82 bits per heavy atom. The molecule has 2 saturated carbocycles. The molecule has 0 spiro atoms. The number of nitrogens with one attached hydrogen (secondary N) is 1. The van der Waals surface area contributed by atoms with Crippen LogP contribution < -0.4 is 11.1 Å². The molecule has 2 amide bonds. The Balaban J connectivity index is 1.47. The number of hydrogen-bond donors (Lipinski definition) is 2. The number of methoxy groups -OCH3 is 1. The number of rotatable bonds is 9. The summed E-state index contributed by atoms with van der Waals surface area (Å²) in [6.45, 7) is 2.52. The van der Waals surface area contributed by atoms with Gasteiger partial charge in [0.25, 0.3) is 0 Å². The van der Waals surface area contributed by atoms with Gasteiger partial charge in [-0.1, -0.05) is 12.1 Å². The third-order valence-electron chi connectivity index (χ3n) is 7.60. The van der Waals surface area contributed by atoms with Gasteiger partial charge in [0.05, 0.1) is 6.61 Å². The van der Waals surface area contributed by atoms with Crippen molar-refractivity contribution >= 4 is 11.8 Å². The smallest absolute Gasteiger partial charge is 0.243 e. The minimum atomic E-state index is -0.458. The Kier molecular flexibility index (Phi) is 8.55. The van der Waals surface area contributed by atoms with E-state index in [0.717, 1.165) is 50.5 Å². The molecule has 2 aliphatic carbocycles. The second kappa shape index (κ2) is 11.6. The molecule has 8 heteroatoms. The summed E-state index contributed by atoms with van der Waals surface area (Å²) >= 11 is 0. The summed E-state index contributed by atoms with van der Waals surface area (Å²) in [5.41, 5.74) is 7.06. The van der Waals surface area contributed by atoms with E-state index in [-0.39, 0.29) is 41.7 Å². The zero-order valence-corrected chi connectivity index (χ0v) is 20.3. The van der Waals surface area contributed by atoms with Crippen molar-refractivity contribution < 1.29 is 18.7 Å². The summed E-state index contributed by atoms with van der Waals surface area (Å²) in [7, 11) is 1.68. The van der Waals surface area contributed by atoms with Gasteiger partial charge in [-0.25, -0.2) is 4.39 Å². The molecule has 1 heterocycles. The Bertz CT molecular complexity index is 824. The van der Waals surface area contributed by atoms with E-state index in [1.807, 2.05) is 4.90 Å². The fraction of sp³-hybridized carbons (Fsp3) is 0.692. The molecule has 4 rings (SSSR count). The zero-order valence-electron chi connectivity index (χ0n) is 20.3. The maximum absolute atomic E-state index is 13.5. The highest BCUT2D eigenvalue weighted by molar-refractivity contribution is 5.89. The van der Waals surface area contributed by atoms with Crippen molar-refractivity contribution in [1.29, 1.82) is 0 Å². The fourth-order valence-electron chi connectivity index (χ4n) is 5.34. The van der Waals surface area contributed by atoms with Crippen molar-refractivity contribution in [3.8, 4) is 0 Å². The molecule has 3 fully saturated rings. The highest BCUT2D eigenvalue weighted by Crippen LogP contribution is 2.34. The first-order valence-electron chi connectivity index (χ1n) is 12.8. The molecule has 1 aromatic carbocycles. The topological polar surface area (TPSA) is 87.9 Å². The van der Waals surface area contributed by atoms with Gasteiger partial charge >= 0.3 is 0 Å². The van der Waals surface area contributed by atoms with Gasteiger partial charge in [-0.2, -0.15) is 0 Å². The van der Waals surface area contributed by atoms with Crippen molar-refractivity contribution in [3.63, 3.8) is 0 Å². The standard InChI is InChI=1S/C26H39FN4O3/c1-34-15-14-30(17-18-2-6-20(27)7-3-18)23-12-13-31(26(33)19-4-5-19)24(16-23)25(32)29-22-10-8-21(28)9-11-22/h2-3,6-7,19,21-24H,4-5,8-17,28H2,1H3,(H,29,32)/t21?,22?,23?,24-/m1/s1. The molecule has 7 nitrogen and oxygen atoms in total. The molecule has 0 bridgehead atoms. The fourth-order valence-corrected chi connectivity index (χ4v) is 5.34. The molecule has 0 aromatic heterocycles. The lowest BCUT2D eigenvalue weighted by atomic mass is 9.90. The number of carbonyl (C=O) groups is 2. The second-order valence-corrected chi connectivity index (χ2v) is 10.2. The third-order valence-corrected chi connectivity index (χ3v) is 7.60. The molecular weight excluding hydrogens is 435 g/mol. The van der Waals surface area contributed by atoms with Crippen molar-refractivity contribution in [3.05, 3.63) is 35.6 Å². The maximum atomic E-state index is 13.5. The number of halogens is 1. The highest BCUT2D eigenvalue weighted by Gasteiger charge is 2.43. The van der Waals surface area contributed by atoms with Crippen molar-refractivity contribution in [2.24, 2.45) is 11.7 Å². The van der Waals surface area contributed by atoms with E-state index >= 15 is 0 Å². The number of ether oxygens (including phenoxy) is 1. The predicted molar refractivity (Wildman–Crippen MR) is 128 cm³/mol. The van der Waals surface area contributed by atoms with E-state index in [4.69, 9.17) is 10.5 Å². The van der Waals surface area contributed by atoms with E-state index in [1.165, 1.54) is 12.1 Å². The number of amides is 2. The molecule has 188 valence electrons. The van der Waals surface area contributed by atoms with Crippen LogP contribution in [-0.2, 0) is 20.9 Å². The van der Waals surface area contributed by atoms with Crippen molar-refractivity contribution in [2.75, 3.05) is 26.8 Å². The van der Waals surface area contributed by atoms with Crippen LogP contribution in [0.5, 0.6) is 0 Å². The van der Waals surface area contributed by atoms with Gasteiger partial charge in [0.1, 0.15) is 11.9 Å². The molecule has 1 saturated heterocycles. The maximum Gasteiger partial charge on any atom is 0.243 e. The van der Waals surface area contributed by atoms with E-state index in [2.05, 4.69) is 10.2 Å². The first-order valence-corrected chi connectivity index (χ1v) is 12.8. The highest BCUT2D eigenvalue weighted by atomic mass is 19.1. The first-order chi connectivity index (χ1) is 16.4. The van der Waals surface area contributed by atoms with Gasteiger partial charge < -0.3 is 20.7 Å². The van der Waals surface area contributed by atoms with Gasteiger partial charge in [0.15, 0.2) is 0 Å². The number of hydrogen-bond acceptors (Lipinski definition) is 5. The minimum absolute atomic E-state index is 0.0346. The third kappa shape index (κ3) is 6.55. The Hall–Kier alpha value is -2.03. The molecule has 1 unspecified atom stereocenters. The van der Waals surface area contributed by atoms with E-state index in [1.54, 1.807) is 19.2 Å². The lowest BCUT2D eigenvalue weighted by Gasteiger charge is -2.43. The summed E-state index contributed by atoms with van der Waals surface area (Å²) in [5.74, 6) is -0.0679. The van der Waals surface area contributed by atoms with E-state index in [9.17, 15) is 14.0 Å². The van der Waals surface area contributed by atoms with Crippen LogP contribution in [0.15, 0.2) is 24.3 Å². The van der Waals surface area contributed by atoms with Gasteiger partial charge in [-0.3, -0.25) is 14.5 Å². The average Bonchev–Trinajstić information content (AvgIpc) is 3.69. The average molecular weight is 475 g/mol. The molecule has 2 atom stereocenters. The summed E-state index contributed by atoms with van der Waals surface area (Å²) < 4.78 is 18.7. The van der Waals surface area contributed by atoms with Crippen LogP contribution in [0.4, 0.5) is 4.39 Å². The van der Waals surface area contributed by atoms with Crippen molar-refractivity contribution in [1.82, 2.24) is 15.1 Å². The second-order valence-electron chi connectivity index (χ2n) is 10.2. The molecule has 3 aliphatic rings. The van der Waals surface area contributed by atoms with Crippen molar-refractivity contribution in [2.45, 2.75) is 82.1 Å². The lowest BCUT2D eigenvalue weighted by molar-refractivity contribution is -0.145. The quantitative estimate of drug-likeness (QED) is 0.574. The van der Waals surface area contributed by atoms with Crippen LogP contribution in [0, 0.1) is 11.7 Å². The monoisotopic (exact) mass is 474 g/mol. The number of nitrogens with two attached hydrogens (primary N) is 1. The Labute approximate surface area is 202 Å². The largest absolute Gasteiger partial charge is 0.383 e. The first kappa shape index (κ1) is 25.1. The molecule has 0 radical (unpaired) electrons. The lowest BCUT2D eigenvalue weighted by Crippen LogP contribution is -2.59.